The topological polar surface area (TPSA) is 49.6 Å². The molecule has 2 fully saturated rings. The summed E-state index contributed by atoms with van der Waals surface area (Å²) in [6.45, 7) is 9.36. The van der Waals surface area contributed by atoms with E-state index < -0.39 is 0 Å². The number of nitrogens with zero attached hydrogens (tertiary/aromatic N) is 2. The minimum absolute atomic E-state index is 0.246. The van der Waals surface area contributed by atoms with Crippen LogP contribution in [0.1, 0.15) is 46.0 Å². The Kier molecular flexibility index (Phi) is 5.85. The number of rotatable bonds is 5. The van der Waals surface area contributed by atoms with Gasteiger partial charge in [-0.05, 0) is 50.6 Å². The molecule has 0 aliphatic carbocycles. The number of carbonyl (C=O) groups excluding carboxylic acids is 1. The van der Waals surface area contributed by atoms with Crippen LogP contribution in [0.15, 0.2) is 0 Å². The SMILES string of the molecule is CC(C)C1CCN(C(CN)CC(=O)N2CCCC2)CC1. The van der Waals surface area contributed by atoms with Gasteiger partial charge in [0, 0.05) is 32.1 Å². The van der Waals surface area contributed by atoms with Gasteiger partial charge in [-0.2, -0.15) is 0 Å². The second-order valence-electron chi connectivity index (χ2n) is 6.80. The highest BCUT2D eigenvalue weighted by atomic mass is 16.2. The Bertz CT molecular complexity index is 305. The highest BCUT2D eigenvalue weighted by Crippen LogP contribution is 2.26. The molecule has 2 aliphatic heterocycles. The summed E-state index contributed by atoms with van der Waals surface area (Å²) < 4.78 is 0. The third-order valence-electron chi connectivity index (χ3n) is 5.17. The molecule has 2 saturated heterocycles. The lowest BCUT2D eigenvalue weighted by Gasteiger charge is -2.38. The summed E-state index contributed by atoms with van der Waals surface area (Å²) in [7, 11) is 0. The quantitative estimate of drug-likeness (QED) is 0.834. The summed E-state index contributed by atoms with van der Waals surface area (Å²) >= 11 is 0. The van der Waals surface area contributed by atoms with E-state index in [-0.39, 0.29) is 6.04 Å². The van der Waals surface area contributed by atoms with Gasteiger partial charge in [0.25, 0.3) is 0 Å². The number of likely N-dealkylation sites (tertiary alicyclic amines) is 2. The molecule has 0 bridgehead atoms. The van der Waals surface area contributed by atoms with Crippen molar-refractivity contribution < 1.29 is 4.79 Å². The van der Waals surface area contributed by atoms with Gasteiger partial charge >= 0.3 is 0 Å². The molecule has 20 heavy (non-hydrogen) atoms. The lowest BCUT2D eigenvalue weighted by molar-refractivity contribution is -0.131. The molecule has 1 atom stereocenters. The number of carbonyl (C=O) groups is 1. The Balaban J connectivity index is 1.81. The normalized spacial score (nSPS) is 23.5. The van der Waals surface area contributed by atoms with Crippen molar-refractivity contribution in [2.75, 3.05) is 32.7 Å². The predicted octanol–water partition coefficient (Wildman–Crippen LogP) is 1.69. The largest absolute Gasteiger partial charge is 0.343 e. The fourth-order valence-corrected chi connectivity index (χ4v) is 3.61. The first-order chi connectivity index (χ1) is 9.61. The van der Waals surface area contributed by atoms with Gasteiger partial charge in [0.2, 0.25) is 5.91 Å². The molecule has 4 heteroatoms. The van der Waals surface area contributed by atoms with Crippen LogP contribution in [0.2, 0.25) is 0 Å². The molecule has 2 N–H and O–H groups in total. The maximum absolute atomic E-state index is 12.3. The molecule has 4 nitrogen and oxygen atoms in total. The first-order valence-corrected chi connectivity index (χ1v) is 8.33. The van der Waals surface area contributed by atoms with Crippen molar-refractivity contribution in [2.24, 2.45) is 17.6 Å². The van der Waals surface area contributed by atoms with Crippen LogP contribution in [0.25, 0.3) is 0 Å². The van der Waals surface area contributed by atoms with E-state index in [1.54, 1.807) is 0 Å². The molecule has 0 radical (unpaired) electrons. The van der Waals surface area contributed by atoms with Crippen LogP contribution in [0.4, 0.5) is 0 Å². The van der Waals surface area contributed by atoms with Crippen LogP contribution in [0.3, 0.4) is 0 Å². The zero-order chi connectivity index (χ0) is 14.5. The highest BCUT2D eigenvalue weighted by Gasteiger charge is 2.28. The van der Waals surface area contributed by atoms with E-state index in [4.69, 9.17) is 5.73 Å². The molecular formula is C16H31N3O. The molecule has 0 spiro atoms. The monoisotopic (exact) mass is 281 g/mol. The summed E-state index contributed by atoms with van der Waals surface area (Å²) in [4.78, 5) is 16.7. The number of hydrogen-bond acceptors (Lipinski definition) is 3. The zero-order valence-electron chi connectivity index (χ0n) is 13.2. The summed E-state index contributed by atoms with van der Waals surface area (Å²) in [5, 5.41) is 0. The van der Waals surface area contributed by atoms with Crippen molar-refractivity contribution in [1.82, 2.24) is 9.80 Å². The molecule has 2 heterocycles. The fraction of sp³-hybridized carbons (Fsp3) is 0.938. The van der Waals surface area contributed by atoms with Crippen molar-refractivity contribution in [3.05, 3.63) is 0 Å². The fourth-order valence-electron chi connectivity index (χ4n) is 3.61. The molecule has 1 unspecified atom stereocenters. The zero-order valence-corrected chi connectivity index (χ0v) is 13.2. The van der Waals surface area contributed by atoms with E-state index in [9.17, 15) is 4.79 Å². The smallest absolute Gasteiger partial charge is 0.224 e. The third kappa shape index (κ3) is 3.95. The molecule has 2 rings (SSSR count). The number of hydrogen-bond donors (Lipinski definition) is 1. The second kappa shape index (κ2) is 7.41. The average molecular weight is 281 g/mol. The molecular weight excluding hydrogens is 250 g/mol. The Morgan fingerprint density at radius 3 is 2.25 bits per heavy atom. The van der Waals surface area contributed by atoms with E-state index >= 15 is 0 Å². The van der Waals surface area contributed by atoms with Gasteiger partial charge in [0.1, 0.15) is 0 Å². The van der Waals surface area contributed by atoms with E-state index in [0.29, 0.717) is 18.9 Å². The average Bonchev–Trinajstić information content (AvgIpc) is 2.99. The third-order valence-corrected chi connectivity index (χ3v) is 5.17. The Morgan fingerprint density at radius 1 is 1.15 bits per heavy atom. The summed E-state index contributed by atoms with van der Waals surface area (Å²) in [5.74, 6) is 1.93. The first-order valence-electron chi connectivity index (χ1n) is 8.33. The number of piperidine rings is 1. The van der Waals surface area contributed by atoms with E-state index in [2.05, 4.69) is 18.7 Å². The first kappa shape index (κ1) is 15.8. The highest BCUT2D eigenvalue weighted by molar-refractivity contribution is 5.77. The molecule has 0 aromatic heterocycles. The standard InChI is InChI=1S/C16H31N3O/c1-13(2)14-5-9-18(10-6-14)15(12-17)11-16(20)19-7-3-4-8-19/h13-15H,3-12,17H2,1-2H3. The predicted molar refractivity (Wildman–Crippen MR) is 82.4 cm³/mol. The maximum Gasteiger partial charge on any atom is 0.224 e. The number of amides is 1. The van der Waals surface area contributed by atoms with Crippen LogP contribution in [0.5, 0.6) is 0 Å². The van der Waals surface area contributed by atoms with Crippen LogP contribution in [0, 0.1) is 11.8 Å². The van der Waals surface area contributed by atoms with Gasteiger partial charge in [-0.1, -0.05) is 13.8 Å². The van der Waals surface area contributed by atoms with Gasteiger partial charge in [-0.3, -0.25) is 9.69 Å². The molecule has 2 aliphatic rings. The summed E-state index contributed by atoms with van der Waals surface area (Å²) in [6, 6.07) is 0.246. The lowest BCUT2D eigenvalue weighted by Crippen LogP contribution is -2.48. The van der Waals surface area contributed by atoms with Crippen molar-refractivity contribution in [2.45, 2.75) is 52.0 Å². The maximum atomic E-state index is 12.3. The minimum atomic E-state index is 0.246. The van der Waals surface area contributed by atoms with Gasteiger partial charge in [0.15, 0.2) is 0 Å². The Morgan fingerprint density at radius 2 is 1.75 bits per heavy atom. The Hall–Kier alpha value is -0.610. The molecule has 1 amide bonds. The van der Waals surface area contributed by atoms with Crippen LogP contribution < -0.4 is 5.73 Å². The number of nitrogens with two attached hydrogens (primary N) is 1. The molecule has 0 saturated carbocycles. The van der Waals surface area contributed by atoms with Crippen LogP contribution in [-0.2, 0) is 4.79 Å². The van der Waals surface area contributed by atoms with Gasteiger partial charge in [-0.25, -0.2) is 0 Å². The summed E-state index contributed by atoms with van der Waals surface area (Å²) in [6.07, 6.45) is 5.46. The van der Waals surface area contributed by atoms with Crippen LogP contribution >= 0.6 is 0 Å². The van der Waals surface area contributed by atoms with Crippen molar-refractivity contribution >= 4 is 5.91 Å². The second-order valence-corrected chi connectivity index (χ2v) is 6.80. The minimum Gasteiger partial charge on any atom is -0.343 e. The van der Waals surface area contributed by atoms with Crippen molar-refractivity contribution in [3.8, 4) is 0 Å². The Labute approximate surface area is 123 Å². The van der Waals surface area contributed by atoms with Gasteiger partial charge < -0.3 is 10.6 Å². The molecule has 0 aromatic rings. The van der Waals surface area contributed by atoms with Crippen LogP contribution in [-0.4, -0.2) is 54.5 Å². The lowest BCUT2D eigenvalue weighted by atomic mass is 9.86. The molecule has 0 aromatic carbocycles. The van der Waals surface area contributed by atoms with Gasteiger partial charge in [0.05, 0.1) is 0 Å². The van der Waals surface area contributed by atoms with Crippen molar-refractivity contribution in [3.63, 3.8) is 0 Å². The van der Waals surface area contributed by atoms with E-state index in [1.165, 1.54) is 25.7 Å². The summed E-state index contributed by atoms with van der Waals surface area (Å²) in [5.41, 5.74) is 5.93. The van der Waals surface area contributed by atoms with E-state index in [1.807, 2.05) is 4.90 Å². The van der Waals surface area contributed by atoms with Crippen molar-refractivity contribution in [1.29, 1.82) is 0 Å². The molecule has 116 valence electrons. The van der Waals surface area contributed by atoms with Gasteiger partial charge in [-0.15, -0.1) is 0 Å². The van der Waals surface area contributed by atoms with E-state index in [0.717, 1.165) is 38.0 Å².